The number of para-hydroxylation sites is 1. The third-order valence-electron chi connectivity index (χ3n) is 4.52. The van der Waals surface area contributed by atoms with E-state index in [0.29, 0.717) is 11.4 Å². The molecule has 1 aromatic heterocycles. The van der Waals surface area contributed by atoms with E-state index in [0.717, 1.165) is 16.3 Å². The number of nitrogens with zero attached hydrogens (tertiary/aromatic N) is 1. The molecule has 136 valence electrons. The number of nitrogens with one attached hydrogen (secondary N) is 2. The van der Waals surface area contributed by atoms with Crippen molar-refractivity contribution in [2.24, 2.45) is 0 Å². The number of pyridine rings is 1. The van der Waals surface area contributed by atoms with E-state index in [-0.39, 0.29) is 6.42 Å². The molecule has 2 amide bonds. The number of ether oxygens (including phenoxy) is 1. The van der Waals surface area contributed by atoms with Gasteiger partial charge in [-0.05, 0) is 18.2 Å². The maximum absolute atomic E-state index is 12.6. The van der Waals surface area contributed by atoms with Crippen LogP contribution in [0.15, 0.2) is 60.9 Å². The number of amides is 2. The molecule has 2 heterocycles. The Hall–Kier alpha value is -3.61. The van der Waals surface area contributed by atoms with Crippen LogP contribution in [-0.4, -0.2) is 28.2 Å². The van der Waals surface area contributed by atoms with E-state index in [1.807, 2.05) is 30.3 Å². The second-order valence-electron chi connectivity index (χ2n) is 6.27. The van der Waals surface area contributed by atoms with E-state index in [1.165, 1.54) is 0 Å². The molecule has 0 saturated heterocycles. The van der Waals surface area contributed by atoms with Crippen LogP contribution in [0.4, 0.5) is 10.5 Å². The summed E-state index contributed by atoms with van der Waals surface area (Å²) in [7, 11) is 0. The number of anilines is 1. The van der Waals surface area contributed by atoms with Crippen LogP contribution in [0.3, 0.4) is 0 Å². The Bertz CT molecular complexity index is 1020. The SMILES string of the molecule is O=C(Nc1cccc2cnccc12)NC1CC(C(=O)O)Oc2ccccc21. The molecule has 0 spiro atoms. The van der Waals surface area contributed by atoms with Gasteiger partial charge in [-0.25, -0.2) is 9.59 Å². The van der Waals surface area contributed by atoms with Crippen molar-refractivity contribution in [1.29, 1.82) is 0 Å². The normalized spacial score (nSPS) is 18.2. The van der Waals surface area contributed by atoms with Crippen LogP contribution >= 0.6 is 0 Å². The minimum absolute atomic E-state index is 0.152. The van der Waals surface area contributed by atoms with Crippen molar-refractivity contribution in [3.05, 3.63) is 66.5 Å². The first-order chi connectivity index (χ1) is 13.1. The summed E-state index contributed by atoms with van der Waals surface area (Å²) in [6, 6.07) is 13.6. The zero-order valence-electron chi connectivity index (χ0n) is 14.3. The predicted octanol–water partition coefficient (Wildman–Crippen LogP) is 3.33. The number of carboxylic acids is 1. The van der Waals surface area contributed by atoms with Gasteiger partial charge >= 0.3 is 12.0 Å². The van der Waals surface area contributed by atoms with E-state index < -0.39 is 24.1 Å². The highest BCUT2D eigenvalue weighted by molar-refractivity contribution is 6.01. The Morgan fingerprint density at radius 3 is 2.81 bits per heavy atom. The summed E-state index contributed by atoms with van der Waals surface area (Å²) in [4.78, 5) is 28.0. The van der Waals surface area contributed by atoms with E-state index >= 15 is 0 Å². The van der Waals surface area contributed by atoms with Crippen molar-refractivity contribution >= 4 is 28.5 Å². The van der Waals surface area contributed by atoms with E-state index in [9.17, 15) is 14.7 Å². The molecule has 4 rings (SSSR count). The molecule has 0 fully saturated rings. The topological polar surface area (TPSA) is 101 Å². The monoisotopic (exact) mass is 363 g/mol. The third-order valence-corrected chi connectivity index (χ3v) is 4.52. The van der Waals surface area contributed by atoms with Gasteiger partial charge in [0.2, 0.25) is 0 Å². The zero-order chi connectivity index (χ0) is 18.8. The average molecular weight is 363 g/mol. The number of aliphatic carboxylic acids is 1. The molecule has 2 atom stereocenters. The summed E-state index contributed by atoms with van der Waals surface area (Å²) in [6.45, 7) is 0. The van der Waals surface area contributed by atoms with Gasteiger partial charge in [0.15, 0.2) is 6.10 Å². The minimum atomic E-state index is -1.06. The summed E-state index contributed by atoms with van der Waals surface area (Å²) in [6.07, 6.45) is 2.54. The molecule has 3 N–H and O–H groups in total. The van der Waals surface area contributed by atoms with Crippen LogP contribution in [0.2, 0.25) is 0 Å². The predicted molar refractivity (Wildman–Crippen MR) is 99.7 cm³/mol. The number of rotatable bonds is 3. The molecule has 2 unspecified atom stereocenters. The van der Waals surface area contributed by atoms with Gasteiger partial charge in [0.05, 0.1) is 11.7 Å². The van der Waals surface area contributed by atoms with Crippen LogP contribution in [0.5, 0.6) is 5.75 Å². The lowest BCUT2D eigenvalue weighted by Crippen LogP contribution is -2.41. The number of urea groups is 1. The quantitative estimate of drug-likeness (QED) is 0.663. The lowest BCUT2D eigenvalue weighted by molar-refractivity contribution is -0.146. The number of hydrogen-bond acceptors (Lipinski definition) is 4. The van der Waals surface area contributed by atoms with Crippen LogP contribution in [0, 0.1) is 0 Å². The van der Waals surface area contributed by atoms with Gasteiger partial charge in [-0.15, -0.1) is 0 Å². The number of aromatic nitrogens is 1. The van der Waals surface area contributed by atoms with Gasteiger partial charge < -0.3 is 20.5 Å². The standard InChI is InChI=1S/C20H17N3O4/c24-19(25)18-10-16(14-5-1-2-7-17(14)27-18)23-20(26)22-15-6-3-4-12-11-21-9-8-13(12)15/h1-9,11,16,18H,10H2,(H,24,25)(H2,22,23,26). The molecule has 0 bridgehead atoms. The number of carbonyl (C=O) groups excluding carboxylic acids is 1. The number of benzene rings is 2. The van der Waals surface area contributed by atoms with Crippen molar-refractivity contribution < 1.29 is 19.4 Å². The van der Waals surface area contributed by atoms with Gasteiger partial charge in [0, 0.05) is 35.2 Å². The third kappa shape index (κ3) is 3.39. The average Bonchev–Trinajstić information content (AvgIpc) is 2.68. The molecule has 3 aromatic rings. The first-order valence-electron chi connectivity index (χ1n) is 8.50. The van der Waals surface area contributed by atoms with Crippen LogP contribution in [-0.2, 0) is 4.79 Å². The molecule has 0 radical (unpaired) electrons. The zero-order valence-corrected chi connectivity index (χ0v) is 14.3. The molecule has 0 aliphatic carbocycles. The maximum atomic E-state index is 12.6. The molecule has 0 saturated carbocycles. The Labute approximate surface area is 155 Å². The maximum Gasteiger partial charge on any atom is 0.344 e. The second-order valence-corrected chi connectivity index (χ2v) is 6.27. The summed E-state index contributed by atoms with van der Waals surface area (Å²) < 4.78 is 5.50. The number of hydrogen-bond donors (Lipinski definition) is 3. The van der Waals surface area contributed by atoms with Crippen molar-refractivity contribution in [3.63, 3.8) is 0 Å². The molecule has 27 heavy (non-hydrogen) atoms. The largest absolute Gasteiger partial charge is 0.479 e. The molecular weight excluding hydrogens is 346 g/mol. The lowest BCUT2D eigenvalue weighted by atomic mass is 9.96. The van der Waals surface area contributed by atoms with Gasteiger partial charge in [0.25, 0.3) is 0 Å². The van der Waals surface area contributed by atoms with E-state index in [1.54, 1.807) is 30.6 Å². The van der Waals surface area contributed by atoms with Crippen LogP contribution in [0.1, 0.15) is 18.0 Å². The highest BCUT2D eigenvalue weighted by atomic mass is 16.5. The van der Waals surface area contributed by atoms with E-state index in [2.05, 4.69) is 15.6 Å². The van der Waals surface area contributed by atoms with Gasteiger partial charge in [-0.3, -0.25) is 4.98 Å². The molecule has 7 nitrogen and oxygen atoms in total. The van der Waals surface area contributed by atoms with Gasteiger partial charge in [-0.1, -0.05) is 30.3 Å². The smallest absolute Gasteiger partial charge is 0.344 e. The van der Waals surface area contributed by atoms with Crippen molar-refractivity contribution in [2.75, 3.05) is 5.32 Å². The molecule has 7 heteroatoms. The number of carbonyl (C=O) groups is 2. The Kier molecular flexibility index (Phi) is 4.33. The summed E-state index contributed by atoms with van der Waals surface area (Å²) >= 11 is 0. The fraction of sp³-hybridized carbons (Fsp3) is 0.150. The van der Waals surface area contributed by atoms with Crippen molar-refractivity contribution in [1.82, 2.24) is 10.3 Å². The summed E-state index contributed by atoms with van der Waals surface area (Å²) in [5, 5.41) is 16.8. The Morgan fingerprint density at radius 1 is 1.11 bits per heavy atom. The van der Waals surface area contributed by atoms with E-state index in [4.69, 9.17) is 4.74 Å². The second kappa shape index (κ2) is 6.95. The summed E-state index contributed by atoms with van der Waals surface area (Å²) in [5.74, 6) is -0.587. The van der Waals surface area contributed by atoms with Crippen molar-refractivity contribution in [2.45, 2.75) is 18.6 Å². The molecule has 1 aliphatic rings. The highest BCUT2D eigenvalue weighted by Crippen LogP contribution is 2.34. The Balaban J connectivity index is 1.56. The molecular formula is C20H17N3O4. The highest BCUT2D eigenvalue weighted by Gasteiger charge is 2.33. The van der Waals surface area contributed by atoms with Gasteiger partial charge in [0.1, 0.15) is 5.75 Å². The van der Waals surface area contributed by atoms with Crippen LogP contribution < -0.4 is 15.4 Å². The van der Waals surface area contributed by atoms with Crippen molar-refractivity contribution in [3.8, 4) is 5.75 Å². The lowest BCUT2D eigenvalue weighted by Gasteiger charge is -2.30. The fourth-order valence-electron chi connectivity index (χ4n) is 3.25. The number of carboxylic acid groups (broad SMARTS) is 1. The first-order valence-corrected chi connectivity index (χ1v) is 8.50. The number of fused-ring (bicyclic) bond motifs is 2. The first kappa shape index (κ1) is 16.8. The minimum Gasteiger partial charge on any atom is -0.479 e. The molecule has 2 aromatic carbocycles. The van der Waals surface area contributed by atoms with Gasteiger partial charge in [-0.2, -0.15) is 0 Å². The fourth-order valence-corrected chi connectivity index (χ4v) is 3.25. The van der Waals surface area contributed by atoms with Crippen LogP contribution in [0.25, 0.3) is 10.8 Å². The Morgan fingerprint density at radius 2 is 1.96 bits per heavy atom. The summed E-state index contributed by atoms with van der Waals surface area (Å²) in [5.41, 5.74) is 1.41. The molecule has 1 aliphatic heterocycles.